The molecule has 0 heterocycles. The standard InChI is InChI=1S/C20H16BrNO2/c21-18-8-4-5-9-19(18)22-20(23)16-10-12-17(13-11-16)24-14-15-6-2-1-3-7-15/h1-13H,14H2,(H,22,23). The number of carbonyl (C=O) groups excluding carboxylic acids is 1. The van der Waals surface area contributed by atoms with Crippen molar-refractivity contribution in [1.29, 1.82) is 0 Å². The zero-order valence-corrected chi connectivity index (χ0v) is 14.5. The van der Waals surface area contributed by atoms with Crippen LogP contribution in [0, 0.1) is 0 Å². The van der Waals surface area contributed by atoms with Gasteiger partial charge in [-0.2, -0.15) is 0 Å². The van der Waals surface area contributed by atoms with Crippen LogP contribution >= 0.6 is 15.9 Å². The molecule has 0 saturated heterocycles. The Balaban J connectivity index is 1.61. The van der Waals surface area contributed by atoms with Gasteiger partial charge in [0, 0.05) is 10.0 Å². The van der Waals surface area contributed by atoms with Crippen molar-refractivity contribution in [2.24, 2.45) is 0 Å². The summed E-state index contributed by atoms with van der Waals surface area (Å²) >= 11 is 3.42. The van der Waals surface area contributed by atoms with Gasteiger partial charge in [0.15, 0.2) is 0 Å². The van der Waals surface area contributed by atoms with Crippen LogP contribution in [-0.4, -0.2) is 5.91 Å². The zero-order chi connectivity index (χ0) is 16.8. The smallest absolute Gasteiger partial charge is 0.255 e. The van der Waals surface area contributed by atoms with Crippen LogP contribution in [0.3, 0.4) is 0 Å². The van der Waals surface area contributed by atoms with Crippen LogP contribution in [0.1, 0.15) is 15.9 Å². The number of anilines is 1. The maximum atomic E-state index is 12.3. The molecule has 0 aliphatic rings. The predicted octanol–water partition coefficient (Wildman–Crippen LogP) is 5.28. The molecule has 3 nitrogen and oxygen atoms in total. The lowest BCUT2D eigenvalue weighted by atomic mass is 10.2. The van der Waals surface area contributed by atoms with E-state index in [1.807, 2.05) is 54.6 Å². The number of para-hydroxylation sites is 1. The zero-order valence-electron chi connectivity index (χ0n) is 12.9. The summed E-state index contributed by atoms with van der Waals surface area (Å²) in [4.78, 5) is 12.3. The van der Waals surface area contributed by atoms with E-state index >= 15 is 0 Å². The SMILES string of the molecule is O=C(Nc1ccccc1Br)c1ccc(OCc2ccccc2)cc1. The Morgan fingerprint density at radius 1 is 0.875 bits per heavy atom. The molecule has 24 heavy (non-hydrogen) atoms. The van der Waals surface area contributed by atoms with Crippen LogP contribution in [0.2, 0.25) is 0 Å². The summed E-state index contributed by atoms with van der Waals surface area (Å²) < 4.78 is 6.57. The lowest BCUT2D eigenvalue weighted by molar-refractivity contribution is 0.102. The molecule has 1 amide bonds. The summed E-state index contributed by atoms with van der Waals surface area (Å²) in [5.41, 5.74) is 2.43. The summed E-state index contributed by atoms with van der Waals surface area (Å²) in [5.74, 6) is 0.577. The monoisotopic (exact) mass is 381 g/mol. The molecular weight excluding hydrogens is 366 g/mol. The van der Waals surface area contributed by atoms with E-state index in [1.165, 1.54) is 0 Å². The van der Waals surface area contributed by atoms with Crippen LogP contribution < -0.4 is 10.1 Å². The lowest BCUT2D eigenvalue weighted by Gasteiger charge is -2.09. The Labute approximate surface area is 149 Å². The van der Waals surface area contributed by atoms with Gasteiger partial charge in [-0.05, 0) is 57.9 Å². The molecule has 3 rings (SSSR count). The van der Waals surface area contributed by atoms with E-state index in [9.17, 15) is 4.79 Å². The number of carbonyl (C=O) groups is 1. The average molecular weight is 382 g/mol. The van der Waals surface area contributed by atoms with Gasteiger partial charge >= 0.3 is 0 Å². The highest BCUT2D eigenvalue weighted by atomic mass is 79.9. The van der Waals surface area contributed by atoms with E-state index in [2.05, 4.69) is 21.2 Å². The van der Waals surface area contributed by atoms with Gasteiger partial charge in [-0.25, -0.2) is 0 Å². The van der Waals surface area contributed by atoms with Crippen molar-refractivity contribution in [2.45, 2.75) is 6.61 Å². The quantitative estimate of drug-likeness (QED) is 0.652. The fraction of sp³-hybridized carbons (Fsp3) is 0.0500. The molecular formula is C20H16BrNO2. The minimum absolute atomic E-state index is 0.156. The molecule has 120 valence electrons. The van der Waals surface area contributed by atoms with E-state index < -0.39 is 0 Å². The minimum atomic E-state index is -0.156. The number of ether oxygens (including phenoxy) is 1. The number of nitrogens with one attached hydrogen (secondary N) is 1. The highest BCUT2D eigenvalue weighted by molar-refractivity contribution is 9.10. The number of hydrogen-bond donors (Lipinski definition) is 1. The third kappa shape index (κ3) is 4.24. The van der Waals surface area contributed by atoms with E-state index in [0.29, 0.717) is 12.2 Å². The Bertz CT molecular complexity index is 817. The second-order valence-corrected chi connectivity index (χ2v) is 6.09. The Morgan fingerprint density at radius 2 is 1.54 bits per heavy atom. The third-order valence-electron chi connectivity index (χ3n) is 3.49. The second-order valence-electron chi connectivity index (χ2n) is 5.23. The third-order valence-corrected chi connectivity index (χ3v) is 4.18. The normalized spacial score (nSPS) is 10.2. The molecule has 0 aliphatic heterocycles. The first-order chi connectivity index (χ1) is 11.7. The fourth-order valence-electron chi connectivity index (χ4n) is 2.20. The van der Waals surface area contributed by atoms with Gasteiger partial charge in [0.25, 0.3) is 5.91 Å². The van der Waals surface area contributed by atoms with Crippen molar-refractivity contribution >= 4 is 27.5 Å². The number of halogens is 1. The molecule has 0 bridgehead atoms. The first kappa shape index (κ1) is 16.3. The van der Waals surface area contributed by atoms with Crippen molar-refractivity contribution in [3.8, 4) is 5.75 Å². The Hall–Kier alpha value is -2.59. The molecule has 0 atom stereocenters. The summed E-state index contributed by atoms with van der Waals surface area (Å²) in [6, 6.07) is 24.6. The molecule has 0 radical (unpaired) electrons. The van der Waals surface area contributed by atoms with Gasteiger partial charge in [0.05, 0.1) is 5.69 Å². The summed E-state index contributed by atoms with van der Waals surface area (Å²) in [7, 11) is 0. The van der Waals surface area contributed by atoms with Crippen LogP contribution in [-0.2, 0) is 6.61 Å². The molecule has 3 aromatic rings. The van der Waals surface area contributed by atoms with E-state index in [0.717, 1.165) is 21.5 Å². The number of rotatable bonds is 5. The molecule has 0 fully saturated rings. The highest BCUT2D eigenvalue weighted by Crippen LogP contribution is 2.22. The predicted molar refractivity (Wildman–Crippen MR) is 99.3 cm³/mol. The van der Waals surface area contributed by atoms with Crippen LogP contribution in [0.5, 0.6) is 5.75 Å². The molecule has 4 heteroatoms. The Kier molecular flexibility index (Phi) is 5.29. The number of hydrogen-bond acceptors (Lipinski definition) is 2. The maximum absolute atomic E-state index is 12.3. The molecule has 0 unspecified atom stereocenters. The first-order valence-electron chi connectivity index (χ1n) is 7.55. The largest absolute Gasteiger partial charge is 0.489 e. The van der Waals surface area contributed by atoms with E-state index in [-0.39, 0.29) is 5.91 Å². The van der Waals surface area contributed by atoms with Gasteiger partial charge in [-0.15, -0.1) is 0 Å². The van der Waals surface area contributed by atoms with E-state index in [1.54, 1.807) is 24.3 Å². The van der Waals surface area contributed by atoms with E-state index in [4.69, 9.17) is 4.74 Å². The van der Waals surface area contributed by atoms with Gasteiger partial charge < -0.3 is 10.1 Å². The summed E-state index contributed by atoms with van der Waals surface area (Å²) in [5, 5.41) is 2.88. The van der Waals surface area contributed by atoms with Gasteiger partial charge in [0.1, 0.15) is 12.4 Å². The van der Waals surface area contributed by atoms with Crippen molar-refractivity contribution < 1.29 is 9.53 Å². The van der Waals surface area contributed by atoms with Crippen molar-refractivity contribution in [1.82, 2.24) is 0 Å². The molecule has 0 aromatic heterocycles. The fourth-order valence-corrected chi connectivity index (χ4v) is 2.58. The minimum Gasteiger partial charge on any atom is -0.489 e. The number of amides is 1. The lowest BCUT2D eigenvalue weighted by Crippen LogP contribution is -2.12. The van der Waals surface area contributed by atoms with Gasteiger partial charge in [-0.3, -0.25) is 4.79 Å². The number of benzene rings is 3. The van der Waals surface area contributed by atoms with Crippen LogP contribution in [0.25, 0.3) is 0 Å². The molecule has 0 spiro atoms. The first-order valence-corrected chi connectivity index (χ1v) is 8.34. The molecule has 1 N–H and O–H groups in total. The topological polar surface area (TPSA) is 38.3 Å². The molecule has 0 saturated carbocycles. The average Bonchev–Trinajstić information content (AvgIpc) is 2.63. The highest BCUT2D eigenvalue weighted by Gasteiger charge is 2.08. The Morgan fingerprint density at radius 3 is 2.25 bits per heavy atom. The summed E-state index contributed by atoms with van der Waals surface area (Å²) in [6.45, 7) is 0.503. The van der Waals surface area contributed by atoms with Crippen molar-refractivity contribution in [3.05, 3.63) is 94.5 Å². The van der Waals surface area contributed by atoms with Gasteiger partial charge in [-0.1, -0.05) is 42.5 Å². The van der Waals surface area contributed by atoms with Crippen LogP contribution in [0.15, 0.2) is 83.3 Å². The molecule has 0 aliphatic carbocycles. The van der Waals surface area contributed by atoms with Crippen LogP contribution in [0.4, 0.5) is 5.69 Å². The van der Waals surface area contributed by atoms with Crippen molar-refractivity contribution in [2.75, 3.05) is 5.32 Å². The summed E-state index contributed by atoms with van der Waals surface area (Å²) in [6.07, 6.45) is 0. The maximum Gasteiger partial charge on any atom is 0.255 e. The van der Waals surface area contributed by atoms with Gasteiger partial charge in [0.2, 0.25) is 0 Å². The second kappa shape index (κ2) is 7.79. The van der Waals surface area contributed by atoms with Crippen molar-refractivity contribution in [3.63, 3.8) is 0 Å². The molecule has 3 aromatic carbocycles.